The summed E-state index contributed by atoms with van der Waals surface area (Å²) in [6.07, 6.45) is 0.218. The van der Waals surface area contributed by atoms with E-state index in [4.69, 9.17) is 27.9 Å². The first kappa shape index (κ1) is 31.5. The van der Waals surface area contributed by atoms with Crippen LogP contribution in [0, 0.1) is 6.92 Å². The average molecular weight is 614 g/mol. The molecule has 4 fully saturated rings. The lowest BCUT2D eigenvalue weighted by Crippen LogP contribution is -2.57. The number of aromatic nitrogens is 2. The van der Waals surface area contributed by atoms with Crippen molar-refractivity contribution in [1.82, 2.24) is 14.2 Å². The van der Waals surface area contributed by atoms with Crippen LogP contribution in [0.4, 0.5) is 0 Å². The van der Waals surface area contributed by atoms with Gasteiger partial charge in [-0.1, -0.05) is 20.8 Å². The van der Waals surface area contributed by atoms with Crippen LogP contribution in [-0.4, -0.2) is 83.4 Å². The molecule has 1 aromatic rings. The second-order valence-electron chi connectivity index (χ2n) is 14.3. The number of H-pyrrole nitrogens is 1. The van der Waals surface area contributed by atoms with Gasteiger partial charge in [0.1, 0.15) is 32.3 Å². The Labute approximate surface area is 245 Å². The van der Waals surface area contributed by atoms with Crippen LogP contribution < -0.4 is 11.2 Å². The Balaban J connectivity index is 1.49. The minimum atomic E-state index is -2.09. The van der Waals surface area contributed by atoms with Gasteiger partial charge in [0.2, 0.25) is 0 Å². The van der Waals surface area contributed by atoms with Crippen LogP contribution in [0.5, 0.6) is 0 Å². The summed E-state index contributed by atoms with van der Waals surface area (Å²) < 4.78 is 43.2. The lowest BCUT2D eigenvalue weighted by atomic mass is 9.94. The minimum Gasteiger partial charge on any atom is -0.414 e. The fourth-order valence-corrected chi connectivity index (χ4v) is 9.63. The van der Waals surface area contributed by atoms with Crippen molar-refractivity contribution in [2.24, 2.45) is 0 Å². The summed E-state index contributed by atoms with van der Waals surface area (Å²) in [5.74, 6) is -0.755. The molecule has 5 heterocycles. The summed E-state index contributed by atoms with van der Waals surface area (Å²) in [4.78, 5) is 27.4. The van der Waals surface area contributed by atoms with Crippen LogP contribution in [0.1, 0.15) is 73.6 Å². The summed E-state index contributed by atoms with van der Waals surface area (Å²) in [7, 11) is -3.31. The second kappa shape index (κ2) is 10.6. The van der Waals surface area contributed by atoms with Gasteiger partial charge in [-0.25, -0.2) is 4.79 Å². The molecular weight excluding hydrogens is 565 g/mol. The van der Waals surface area contributed by atoms with Gasteiger partial charge in [-0.15, -0.1) is 0 Å². The zero-order valence-electron chi connectivity index (χ0n) is 26.3. The van der Waals surface area contributed by atoms with Crippen LogP contribution in [0.3, 0.4) is 0 Å². The Morgan fingerprint density at radius 3 is 2.49 bits per heavy atom. The highest BCUT2D eigenvalue weighted by atomic mass is 31.2. The standard InChI is InChI=1S/C28H48N3O8PSi/c1-16(2)31-14-20-28(9,22-24(36-20)38-27(7,8)37-22)39-40(31)19-12-21(30-13-17(3)23(32)29-25(30)33)35-18(19)15-34-41(10,11)26(4,5)6/h13,16,18-22,24H,12,14-15H2,1-11H3,(H,29,32,33)/t18-,19+,20-,21-,22+,24-,28+,40?/m1/s1. The predicted octanol–water partition coefficient (Wildman–Crippen LogP) is 4.21. The lowest BCUT2D eigenvalue weighted by Gasteiger charge is -2.50. The van der Waals surface area contributed by atoms with Crippen molar-refractivity contribution in [2.75, 3.05) is 13.2 Å². The number of rotatable bonds is 6. The molecule has 0 radical (unpaired) electrons. The van der Waals surface area contributed by atoms with Crippen LogP contribution in [-0.2, 0) is 27.9 Å². The zero-order valence-corrected chi connectivity index (χ0v) is 28.2. The van der Waals surface area contributed by atoms with Gasteiger partial charge < -0.3 is 27.9 Å². The van der Waals surface area contributed by atoms with Crippen molar-refractivity contribution in [3.05, 3.63) is 32.6 Å². The first-order valence-corrected chi connectivity index (χ1v) is 18.9. The molecule has 232 valence electrons. The number of nitrogens with zero attached hydrogens (tertiary/aromatic N) is 2. The fourth-order valence-electron chi connectivity index (χ4n) is 5.81. The normalized spacial score (nSPS) is 37.5. The van der Waals surface area contributed by atoms with E-state index in [2.05, 4.69) is 64.3 Å². The molecule has 4 saturated heterocycles. The Morgan fingerprint density at radius 1 is 1.17 bits per heavy atom. The minimum absolute atomic E-state index is 0.0353. The predicted molar refractivity (Wildman–Crippen MR) is 158 cm³/mol. The van der Waals surface area contributed by atoms with Crippen molar-refractivity contribution in [1.29, 1.82) is 0 Å². The van der Waals surface area contributed by atoms with Crippen LogP contribution in [0.15, 0.2) is 15.8 Å². The van der Waals surface area contributed by atoms with Gasteiger partial charge in [-0.05, 0) is 59.7 Å². The molecule has 0 bridgehead atoms. The number of hydrogen-bond donors (Lipinski definition) is 1. The Morgan fingerprint density at radius 2 is 1.85 bits per heavy atom. The molecule has 1 aromatic heterocycles. The third kappa shape index (κ3) is 5.69. The number of nitrogens with one attached hydrogen (secondary N) is 1. The number of fused-ring (bicyclic) bond motifs is 3. The molecule has 0 aromatic carbocycles. The number of aryl methyl sites for hydroxylation is 1. The van der Waals surface area contributed by atoms with E-state index in [0.717, 1.165) is 0 Å². The van der Waals surface area contributed by atoms with Crippen LogP contribution in [0.2, 0.25) is 18.1 Å². The molecule has 0 amide bonds. The van der Waals surface area contributed by atoms with E-state index in [0.29, 0.717) is 25.1 Å². The molecule has 8 atom stereocenters. The molecule has 13 heteroatoms. The summed E-state index contributed by atoms with van der Waals surface area (Å²) in [5, 5.41) is 0.0353. The smallest absolute Gasteiger partial charge is 0.330 e. The summed E-state index contributed by atoms with van der Waals surface area (Å²) in [5.41, 5.74) is -1.18. The van der Waals surface area contributed by atoms with Crippen LogP contribution in [0.25, 0.3) is 0 Å². The van der Waals surface area contributed by atoms with Gasteiger partial charge in [-0.3, -0.25) is 19.0 Å². The third-order valence-corrected chi connectivity index (χ3v) is 16.7. The molecule has 11 nitrogen and oxygen atoms in total. The topological polar surface area (TPSA) is 113 Å². The Bertz CT molecular complexity index is 1260. The van der Waals surface area contributed by atoms with E-state index in [1.54, 1.807) is 13.1 Å². The molecule has 1 N–H and O–H groups in total. The van der Waals surface area contributed by atoms with E-state index in [-0.39, 0.29) is 40.6 Å². The van der Waals surface area contributed by atoms with Gasteiger partial charge in [0.15, 0.2) is 20.4 Å². The molecule has 0 spiro atoms. The summed E-state index contributed by atoms with van der Waals surface area (Å²) in [6, 6.07) is 0.187. The highest BCUT2D eigenvalue weighted by Gasteiger charge is 2.66. The summed E-state index contributed by atoms with van der Waals surface area (Å²) in [6.45, 7) is 24.1. The quantitative estimate of drug-likeness (QED) is 0.372. The molecule has 4 aliphatic rings. The molecule has 0 aliphatic carbocycles. The number of aromatic amines is 1. The molecule has 5 rings (SSSR count). The summed E-state index contributed by atoms with van der Waals surface area (Å²) >= 11 is 0. The highest BCUT2D eigenvalue weighted by Crippen LogP contribution is 2.63. The second-order valence-corrected chi connectivity index (χ2v) is 21.1. The number of ether oxygens (including phenoxy) is 4. The number of hydrogen-bond acceptors (Lipinski definition) is 9. The van der Waals surface area contributed by atoms with E-state index in [9.17, 15) is 9.59 Å². The molecule has 4 aliphatic heterocycles. The Hall–Kier alpha value is -0.953. The zero-order chi connectivity index (χ0) is 30.3. The Kier molecular flexibility index (Phi) is 8.13. The maximum Gasteiger partial charge on any atom is 0.330 e. The van der Waals surface area contributed by atoms with Crippen molar-refractivity contribution in [3.63, 3.8) is 0 Å². The first-order valence-electron chi connectivity index (χ1n) is 14.7. The van der Waals surface area contributed by atoms with Gasteiger partial charge in [0.05, 0.1) is 18.4 Å². The maximum atomic E-state index is 12.9. The fraction of sp³-hybridized carbons (Fsp3) is 0.857. The van der Waals surface area contributed by atoms with E-state index in [1.807, 2.05) is 13.8 Å². The van der Waals surface area contributed by atoms with Crippen molar-refractivity contribution < 1.29 is 27.9 Å². The van der Waals surface area contributed by atoms with E-state index < -0.39 is 46.2 Å². The van der Waals surface area contributed by atoms with E-state index >= 15 is 0 Å². The third-order valence-electron chi connectivity index (χ3n) is 9.41. The largest absolute Gasteiger partial charge is 0.414 e. The monoisotopic (exact) mass is 613 g/mol. The van der Waals surface area contributed by atoms with Crippen molar-refractivity contribution in [3.8, 4) is 0 Å². The molecule has 1 unspecified atom stereocenters. The van der Waals surface area contributed by atoms with Gasteiger partial charge in [0.25, 0.3) is 5.56 Å². The van der Waals surface area contributed by atoms with Crippen molar-refractivity contribution in [2.45, 2.75) is 141 Å². The molecular formula is C28H48N3O8PSi. The van der Waals surface area contributed by atoms with Gasteiger partial charge >= 0.3 is 5.69 Å². The highest BCUT2D eigenvalue weighted by molar-refractivity contribution is 7.51. The lowest BCUT2D eigenvalue weighted by molar-refractivity contribution is -0.228. The molecule has 0 saturated carbocycles. The van der Waals surface area contributed by atoms with Gasteiger partial charge in [-0.2, -0.15) is 0 Å². The van der Waals surface area contributed by atoms with E-state index in [1.165, 1.54) is 4.57 Å². The average Bonchev–Trinajstić information content (AvgIpc) is 3.47. The van der Waals surface area contributed by atoms with Crippen molar-refractivity contribution >= 4 is 16.6 Å². The SMILES string of the molecule is Cc1cn([C@H]2C[C@H](P3O[C@@]4(C)[C@@H](CN3C(C)C)O[C@@H]3OC(C)(C)O[C@@H]34)[C@@H](CO[Si](C)(C)C(C)(C)C)O2)c(=O)[nH]c1=O. The van der Waals surface area contributed by atoms with Crippen LogP contribution >= 0.6 is 8.30 Å². The molecule has 41 heavy (non-hydrogen) atoms. The maximum absolute atomic E-state index is 12.9. The first-order chi connectivity index (χ1) is 18.8. The van der Waals surface area contributed by atoms with Gasteiger partial charge in [0, 0.05) is 30.8 Å².